The summed E-state index contributed by atoms with van der Waals surface area (Å²) in [6, 6.07) is -14.3. The molecule has 0 spiro atoms. The fraction of sp³-hybridized carbons (Fsp3) is 0. The highest BCUT2D eigenvalue weighted by Crippen LogP contribution is 2.41. The minimum absolute atomic E-state index is 0.178. The zero-order valence-electron chi connectivity index (χ0n) is 51.7. The van der Waals surface area contributed by atoms with Gasteiger partial charge in [0.15, 0.2) is 0 Å². The third kappa shape index (κ3) is 4.06. The molecular formula is C48H31N3. The second-order valence-electron chi connectivity index (χ2n) is 11.4. The first-order chi connectivity index (χ1) is 36.2. The van der Waals surface area contributed by atoms with E-state index >= 15 is 0 Å². The molecule has 0 amide bonds. The predicted octanol–water partition coefficient (Wildman–Crippen LogP) is 12.6. The number of para-hydroxylation sites is 6. The summed E-state index contributed by atoms with van der Waals surface area (Å²) >= 11 is 0. The zero-order chi connectivity index (χ0) is 56.1. The van der Waals surface area contributed by atoms with Gasteiger partial charge in [0, 0.05) is 43.7 Å². The van der Waals surface area contributed by atoms with Crippen molar-refractivity contribution in [1.29, 1.82) is 0 Å². The van der Waals surface area contributed by atoms with Gasteiger partial charge in [0.25, 0.3) is 0 Å². The normalized spacial score (nSPS) is 19.1. The molecule has 0 fully saturated rings. The lowest BCUT2D eigenvalue weighted by molar-refractivity contribution is 1.13. The number of aromatic nitrogens is 3. The van der Waals surface area contributed by atoms with Crippen LogP contribution in [0.3, 0.4) is 0 Å². The van der Waals surface area contributed by atoms with Crippen molar-refractivity contribution in [3.05, 3.63) is 187 Å². The average molecular weight is 676 g/mol. The molecule has 51 heavy (non-hydrogen) atoms. The van der Waals surface area contributed by atoms with Crippen LogP contribution in [0.5, 0.6) is 0 Å². The van der Waals surface area contributed by atoms with Crippen LogP contribution in [0.25, 0.3) is 93.6 Å². The Bertz CT molecular complexity index is 4600. The highest BCUT2D eigenvalue weighted by Gasteiger charge is 2.20. The molecule has 3 heteroatoms. The van der Waals surface area contributed by atoms with Gasteiger partial charge in [-0.15, -0.1) is 0 Å². The second kappa shape index (κ2) is 10.8. The SMILES string of the molecule is [2H]c1c([2H])c([2H])c(-n2c3c([2H])c([2H])c([2H])c([2H])c3c3c([2H])c([2H])c([2H])c(-n4c5c([2H])c([2H])c([2H])c([2H])c5c5c([2H])c(-c6c([2H])c([2H])c7c(c6[2H])c6c([2H])c([2H])c([2H])c([2H])c6n7-c6ccccc6)c([2H])c([2H])c54)c32)c([2H])c1[2H]. The third-order valence-corrected chi connectivity index (χ3v) is 8.71. The van der Waals surface area contributed by atoms with E-state index in [9.17, 15) is 16.4 Å². The average Bonchev–Trinajstić information content (AvgIpc) is 4.09. The summed E-state index contributed by atoms with van der Waals surface area (Å²) in [4.78, 5) is 0. The van der Waals surface area contributed by atoms with Crippen LogP contribution in [0, 0.1) is 0 Å². The van der Waals surface area contributed by atoms with Gasteiger partial charge in [-0.3, -0.25) is 0 Å². The van der Waals surface area contributed by atoms with E-state index < -0.39 is 223 Å². The number of nitrogens with zero attached hydrogens (tertiary/aromatic N) is 3. The van der Waals surface area contributed by atoms with Gasteiger partial charge in [0.05, 0.1) is 74.4 Å². The number of hydrogen-bond donors (Lipinski definition) is 0. The van der Waals surface area contributed by atoms with Gasteiger partial charge in [-0.25, -0.2) is 0 Å². The molecule has 11 rings (SSSR count). The summed E-state index contributed by atoms with van der Waals surface area (Å²) in [5.41, 5.74) is -5.70. The second-order valence-corrected chi connectivity index (χ2v) is 11.4. The molecule has 0 aliphatic rings. The Morgan fingerprint density at radius 3 is 1.47 bits per heavy atom. The lowest BCUT2D eigenvalue weighted by atomic mass is 10.0. The fourth-order valence-electron chi connectivity index (χ4n) is 6.63. The van der Waals surface area contributed by atoms with Gasteiger partial charge < -0.3 is 13.7 Å². The molecule has 0 N–H and O–H groups in total. The lowest BCUT2D eigenvalue weighted by Gasteiger charge is -2.14. The van der Waals surface area contributed by atoms with Crippen molar-refractivity contribution in [2.24, 2.45) is 0 Å². The van der Waals surface area contributed by atoms with E-state index in [0.717, 1.165) is 9.13 Å². The van der Waals surface area contributed by atoms with Crippen molar-refractivity contribution < 1.29 is 35.6 Å². The Balaban J connectivity index is 1.41. The van der Waals surface area contributed by atoms with E-state index in [1.807, 2.05) is 0 Å². The van der Waals surface area contributed by atoms with Crippen LogP contribution in [0.1, 0.15) is 35.6 Å². The van der Waals surface area contributed by atoms with Crippen molar-refractivity contribution in [3.8, 4) is 28.2 Å². The minimum atomic E-state index is -1.01. The molecule has 0 atom stereocenters. The smallest absolute Gasteiger partial charge is 0.0782 e. The van der Waals surface area contributed by atoms with Crippen LogP contribution >= 0.6 is 0 Å². The maximum atomic E-state index is 10.0. The first kappa shape index (κ1) is 12.8. The molecular weight excluding hydrogens is 619 g/mol. The van der Waals surface area contributed by atoms with Crippen molar-refractivity contribution in [2.75, 3.05) is 0 Å². The van der Waals surface area contributed by atoms with Gasteiger partial charge >= 0.3 is 0 Å². The van der Waals surface area contributed by atoms with Crippen LogP contribution in [0.4, 0.5) is 0 Å². The van der Waals surface area contributed by atoms with E-state index in [2.05, 4.69) is 0 Å². The van der Waals surface area contributed by atoms with Gasteiger partial charge in [-0.2, -0.15) is 0 Å². The Kier molecular flexibility index (Phi) is 2.72. The van der Waals surface area contributed by atoms with Crippen LogP contribution in [0.2, 0.25) is 0 Å². The van der Waals surface area contributed by atoms with Gasteiger partial charge in [0.1, 0.15) is 0 Å². The van der Waals surface area contributed by atoms with Crippen molar-refractivity contribution in [2.45, 2.75) is 0 Å². The van der Waals surface area contributed by atoms with Crippen LogP contribution in [-0.2, 0) is 0 Å². The van der Waals surface area contributed by atoms with Gasteiger partial charge in [-0.05, 0) is 83.7 Å². The van der Waals surface area contributed by atoms with Crippen molar-refractivity contribution in [1.82, 2.24) is 13.7 Å². The number of rotatable bonds is 4. The van der Waals surface area contributed by atoms with Crippen molar-refractivity contribution >= 4 is 65.4 Å². The fourth-order valence-corrected chi connectivity index (χ4v) is 6.63. The predicted molar refractivity (Wildman–Crippen MR) is 215 cm³/mol. The molecule has 3 heterocycles. The monoisotopic (exact) mass is 675 g/mol. The highest BCUT2D eigenvalue weighted by atomic mass is 15.1. The Morgan fingerprint density at radius 1 is 0.333 bits per heavy atom. The Labute approximate surface area is 331 Å². The Morgan fingerprint density at radius 2 is 0.824 bits per heavy atom. The molecule has 238 valence electrons. The maximum Gasteiger partial charge on any atom is 0.0782 e. The van der Waals surface area contributed by atoms with Crippen LogP contribution in [-0.4, -0.2) is 13.7 Å². The molecule has 0 bridgehead atoms. The van der Waals surface area contributed by atoms with Crippen molar-refractivity contribution in [3.63, 3.8) is 0 Å². The zero-order valence-corrected chi connectivity index (χ0v) is 25.7. The molecule has 0 aliphatic heterocycles. The van der Waals surface area contributed by atoms with Crippen LogP contribution < -0.4 is 0 Å². The number of benzene rings is 8. The summed E-state index contributed by atoms with van der Waals surface area (Å²) in [6.45, 7) is 0. The standard InChI is InChI=1S/C48H31N3/c1-3-14-34(15-4-1)49-42-22-10-8-19-37(42)40-30-32(26-28-45(40)49)33-27-29-46-41(31-33)38-20-9-12-24-44(38)51(46)47-25-13-21-39-36-18-7-11-23-43(36)50(48(39)47)35-16-5-2-6-17-35/h1-31H/i2D,5D,6D,7D,8D,9D,10D,11D,12D,13D,16D,17D,18D,19D,20D,21D,22D,23D,24D,25D,26D,27D,28D,29D,30D,31D. The van der Waals surface area contributed by atoms with E-state index in [-0.39, 0.29) is 27.5 Å². The topological polar surface area (TPSA) is 14.8 Å². The third-order valence-electron chi connectivity index (χ3n) is 8.71. The van der Waals surface area contributed by atoms with E-state index in [1.54, 1.807) is 30.3 Å². The summed E-state index contributed by atoms with van der Waals surface area (Å²) < 4.78 is 241. The molecule has 0 saturated carbocycles. The summed E-state index contributed by atoms with van der Waals surface area (Å²) in [7, 11) is 0. The number of hydrogen-bond acceptors (Lipinski definition) is 0. The molecule has 8 aromatic carbocycles. The summed E-state index contributed by atoms with van der Waals surface area (Å²) in [6.07, 6.45) is 0. The lowest BCUT2D eigenvalue weighted by Crippen LogP contribution is -2.00. The summed E-state index contributed by atoms with van der Waals surface area (Å²) in [5.74, 6) is 0. The van der Waals surface area contributed by atoms with E-state index in [0.29, 0.717) is 0 Å². The molecule has 0 aliphatic carbocycles. The largest absolute Gasteiger partial charge is 0.309 e. The van der Waals surface area contributed by atoms with E-state index in [1.165, 1.54) is 4.57 Å². The first-order valence-electron chi connectivity index (χ1n) is 28.4. The molecule has 11 aromatic rings. The molecule has 3 aromatic heterocycles. The van der Waals surface area contributed by atoms with Gasteiger partial charge in [0.2, 0.25) is 0 Å². The number of fused-ring (bicyclic) bond motifs is 9. The molecule has 0 unspecified atom stereocenters. The van der Waals surface area contributed by atoms with E-state index in [4.69, 9.17) is 19.2 Å². The first-order valence-corrected chi connectivity index (χ1v) is 15.4. The van der Waals surface area contributed by atoms with Gasteiger partial charge in [-0.1, -0.05) is 115 Å². The van der Waals surface area contributed by atoms with Crippen LogP contribution in [0.15, 0.2) is 187 Å². The maximum absolute atomic E-state index is 10.0. The highest BCUT2D eigenvalue weighted by molar-refractivity contribution is 6.16. The molecule has 3 nitrogen and oxygen atoms in total. The quantitative estimate of drug-likeness (QED) is 0.176. The molecule has 0 saturated heterocycles. The summed E-state index contributed by atoms with van der Waals surface area (Å²) in [5, 5.41) is -2.89. The molecule has 0 radical (unpaired) electrons. The Hall–Kier alpha value is -6.84. The minimum Gasteiger partial charge on any atom is -0.309 e.